The van der Waals surface area contributed by atoms with Crippen molar-refractivity contribution in [3.05, 3.63) is 70.0 Å². The maximum absolute atomic E-state index is 13.7. The van der Waals surface area contributed by atoms with E-state index in [9.17, 15) is 19.3 Å². The van der Waals surface area contributed by atoms with Gasteiger partial charge in [-0.2, -0.15) is 0 Å². The van der Waals surface area contributed by atoms with E-state index in [0.717, 1.165) is 12.1 Å². The Morgan fingerprint density at radius 2 is 1.86 bits per heavy atom. The maximum Gasteiger partial charge on any atom is 0.295 e. The van der Waals surface area contributed by atoms with Gasteiger partial charge in [0.15, 0.2) is 11.5 Å². The van der Waals surface area contributed by atoms with Gasteiger partial charge in [0.25, 0.3) is 5.69 Å². The summed E-state index contributed by atoms with van der Waals surface area (Å²) in [7, 11) is 0. The topological polar surface area (TPSA) is 72.2 Å². The zero-order valence-corrected chi connectivity index (χ0v) is 11.4. The van der Waals surface area contributed by atoms with E-state index in [1.165, 1.54) is 6.07 Å². The number of anilines is 1. The van der Waals surface area contributed by atoms with Gasteiger partial charge < -0.3 is 5.32 Å². The van der Waals surface area contributed by atoms with Crippen LogP contribution >= 0.6 is 11.6 Å². The first-order chi connectivity index (χ1) is 10.0. The lowest BCUT2D eigenvalue weighted by atomic mass is 10.1. The fraction of sp³-hybridized carbons (Fsp3) is 0.0714. The van der Waals surface area contributed by atoms with Crippen LogP contribution in [0.2, 0.25) is 0 Å². The van der Waals surface area contributed by atoms with Gasteiger partial charge in [0.1, 0.15) is 5.38 Å². The molecule has 1 atom stereocenters. The average Bonchev–Trinajstić information content (AvgIpc) is 2.49. The van der Waals surface area contributed by atoms with Crippen LogP contribution in [-0.2, 0) is 4.79 Å². The van der Waals surface area contributed by atoms with Crippen LogP contribution in [0.15, 0.2) is 48.5 Å². The van der Waals surface area contributed by atoms with Crippen molar-refractivity contribution in [2.45, 2.75) is 5.38 Å². The van der Waals surface area contributed by atoms with Crippen LogP contribution in [0.25, 0.3) is 0 Å². The van der Waals surface area contributed by atoms with Crippen LogP contribution in [0.4, 0.5) is 15.8 Å². The van der Waals surface area contributed by atoms with Gasteiger partial charge in [-0.25, -0.2) is 4.39 Å². The molecular formula is C14H10ClFN2O3. The average molecular weight is 309 g/mol. The first-order valence-electron chi connectivity index (χ1n) is 5.93. The minimum Gasteiger partial charge on any atom is -0.316 e. The monoisotopic (exact) mass is 308 g/mol. The molecule has 0 aliphatic heterocycles. The van der Waals surface area contributed by atoms with E-state index in [1.54, 1.807) is 30.3 Å². The van der Waals surface area contributed by atoms with E-state index in [1.807, 2.05) is 0 Å². The summed E-state index contributed by atoms with van der Waals surface area (Å²) in [4.78, 5) is 22.1. The molecule has 0 aromatic heterocycles. The molecule has 5 nitrogen and oxygen atoms in total. The number of hydrogen-bond donors (Lipinski definition) is 1. The number of nitro groups is 1. The molecule has 1 N–H and O–H groups in total. The molecule has 0 radical (unpaired) electrons. The molecule has 0 saturated heterocycles. The number of rotatable bonds is 4. The lowest BCUT2D eigenvalue weighted by Crippen LogP contribution is -2.19. The van der Waals surface area contributed by atoms with Crippen molar-refractivity contribution in [1.82, 2.24) is 0 Å². The smallest absolute Gasteiger partial charge is 0.295 e. The highest BCUT2D eigenvalue weighted by molar-refractivity contribution is 6.32. The van der Waals surface area contributed by atoms with E-state index in [4.69, 9.17) is 11.6 Å². The summed E-state index contributed by atoms with van der Waals surface area (Å²) in [6.07, 6.45) is 0. The highest BCUT2D eigenvalue weighted by Crippen LogP contribution is 2.29. The summed E-state index contributed by atoms with van der Waals surface area (Å²) in [5, 5.41) is 11.9. The highest BCUT2D eigenvalue weighted by atomic mass is 35.5. The Morgan fingerprint density at radius 1 is 1.19 bits per heavy atom. The molecule has 2 aromatic rings. The molecule has 0 fully saturated rings. The summed E-state index contributed by atoms with van der Waals surface area (Å²) in [6, 6.07) is 11.7. The molecule has 0 saturated carbocycles. The van der Waals surface area contributed by atoms with Gasteiger partial charge in [-0.15, -0.1) is 11.6 Å². The quantitative estimate of drug-likeness (QED) is 0.532. The molecule has 0 spiro atoms. The van der Waals surface area contributed by atoms with E-state index in [2.05, 4.69) is 5.32 Å². The number of nitrogens with one attached hydrogen (secondary N) is 1. The second-order valence-electron chi connectivity index (χ2n) is 4.15. The molecule has 1 unspecified atom stereocenters. The molecule has 2 aromatic carbocycles. The van der Waals surface area contributed by atoms with Crippen LogP contribution in [0, 0.1) is 15.9 Å². The number of para-hydroxylation sites is 1. The molecule has 2 rings (SSSR count). The van der Waals surface area contributed by atoms with Crippen molar-refractivity contribution in [2.24, 2.45) is 0 Å². The SMILES string of the molecule is O=C(Nc1c(F)cccc1[N+](=O)[O-])C(Cl)c1ccccc1. The number of nitrogens with zero attached hydrogens (tertiary/aromatic N) is 1. The van der Waals surface area contributed by atoms with Crippen molar-refractivity contribution >= 4 is 28.9 Å². The van der Waals surface area contributed by atoms with Gasteiger partial charge in [-0.3, -0.25) is 14.9 Å². The number of halogens is 2. The molecule has 7 heteroatoms. The van der Waals surface area contributed by atoms with E-state index < -0.39 is 33.4 Å². The third-order valence-corrected chi connectivity index (χ3v) is 3.21. The summed E-state index contributed by atoms with van der Waals surface area (Å²) in [6.45, 7) is 0. The number of carbonyl (C=O) groups is 1. The third kappa shape index (κ3) is 3.35. The molecule has 0 bridgehead atoms. The van der Waals surface area contributed by atoms with Gasteiger partial charge in [0.2, 0.25) is 5.91 Å². The van der Waals surface area contributed by atoms with Crippen LogP contribution in [0.5, 0.6) is 0 Å². The van der Waals surface area contributed by atoms with E-state index >= 15 is 0 Å². The normalized spacial score (nSPS) is 11.7. The van der Waals surface area contributed by atoms with Crippen LogP contribution in [-0.4, -0.2) is 10.8 Å². The van der Waals surface area contributed by atoms with Gasteiger partial charge >= 0.3 is 0 Å². The maximum atomic E-state index is 13.7. The second-order valence-corrected chi connectivity index (χ2v) is 4.59. The van der Waals surface area contributed by atoms with Crippen LogP contribution in [0.1, 0.15) is 10.9 Å². The summed E-state index contributed by atoms with van der Waals surface area (Å²) in [5.41, 5.74) is -0.509. The van der Waals surface area contributed by atoms with Crippen molar-refractivity contribution < 1.29 is 14.1 Å². The van der Waals surface area contributed by atoms with Crippen molar-refractivity contribution in [1.29, 1.82) is 0 Å². The Labute approximate surface area is 124 Å². The Kier molecular flexibility index (Phi) is 4.49. The van der Waals surface area contributed by atoms with Crippen molar-refractivity contribution in [3.63, 3.8) is 0 Å². The Morgan fingerprint density at radius 3 is 2.48 bits per heavy atom. The van der Waals surface area contributed by atoms with Gasteiger partial charge in [-0.05, 0) is 11.6 Å². The fourth-order valence-corrected chi connectivity index (χ4v) is 1.95. The molecule has 0 heterocycles. The molecule has 0 aliphatic rings. The number of benzene rings is 2. The Balaban J connectivity index is 2.26. The third-order valence-electron chi connectivity index (χ3n) is 2.76. The summed E-state index contributed by atoms with van der Waals surface area (Å²) >= 11 is 5.99. The summed E-state index contributed by atoms with van der Waals surface area (Å²) in [5.74, 6) is -1.63. The standard InChI is InChI=1S/C14H10ClFN2O3/c15-12(9-5-2-1-3-6-9)14(19)17-13-10(16)7-4-8-11(13)18(20)21/h1-8,12H,(H,17,19). The molecule has 1 amide bonds. The molecule has 108 valence electrons. The number of nitro benzene ring substituents is 1. The Hall–Kier alpha value is -2.47. The van der Waals surface area contributed by atoms with Crippen molar-refractivity contribution in [2.75, 3.05) is 5.32 Å². The van der Waals surface area contributed by atoms with Crippen LogP contribution < -0.4 is 5.32 Å². The zero-order chi connectivity index (χ0) is 15.4. The fourth-order valence-electron chi connectivity index (χ4n) is 1.75. The lowest BCUT2D eigenvalue weighted by Gasteiger charge is -2.11. The molecule has 21 heavy (non-hydrogen) atoms. The predicted molar refractivity (Wildman–Crippen MR) is 76.7 cm³/mol. The second kappa shape index (κ2) is 6.32. The van der Waals surface area contributed by atoms with Crippen molar-refractivity contribution in [3.8, 4) is 0 Å². The van der Waals surface area contributed by atoms with Gasteiger partial charge in [0.05, 0.1) is 4.92 Å². The number of carbonyl (C=O) groups excluding carboxylic acids is 1. The van der Waals surface area contributed by atoms with E-state index in [0.29, 0.717) is 5.56 Å². The van der Waals surface area contributed by atoms with Gasteiger partial charge in [0, 0.05) is 6.07 Å². The first-order valence-corrected chi connectivity index (χ1v) is 6.37. The molecule has 0 aliphatic carbocycles. The minimum atomic E-state index is -1.08. The highest BCUT2D eigenvalue weighted by Gasteiger charge is 2.24. The summed E-state index contributed by atoms with van der Waals surface area (Å²) < 4.78 is 13.7. The minimum absolute atomic E-state index is 0.492. The van der Waals surface area contributed by atoms with Crippen LogP contribution in [0.3, 0.4) is 0 Å². The Bertz CT molecular complexity index is 679. The number of alkyl halides is 1. The lowest BCUT2D eigenvalue weighted by molar-refractivity contribution is -0.384. The number of amides is 1. The van der Waals surface area contributed by atoms with Gasteiger partial charge in [-0.1, -0.05) is 36.4 Å². The van der Waals surface area contributed by atoms with E-state index in [-0.39, 0.29) is 0 Å². The zero-order valence-electron chi connectivity index (χ0n) is 10.6. The predicted octanol–water partition coefficient (Wildman–Crippen LogP) is 3.65. The molecular weight excluding hydrogens is 299 g/mol. The number of hydrogen-bond acceptors (Lipinski definition) is 3. The first kappa shape index (κ1) is 14.9. The largest absolute Gasteiger partial charge is 0.316 e.